The molecule has 162 valence electrons. The highest BCUT2D eigenvalue weighted by molar-refractivity contribution is 7.89. The second kappa shape index (κ2) is 9.62. The van der Waals surface area contributed by atoms with E-state index < -0.39 is 10.0 Å². The van der Waals surface area contributed by atoms with Crippen molar-refractivity contribution in [3.8, 4) is 5.75 Å². The number of amides is 1. The molecule has 0 saturated carbocycles. The molecule has 2 aromatic rings. The highest BCUT2D eigenvalue weighted by Gasteiger charge is 2.33. The molecule has 30 heavy (non-hydrogen) atoms. The van der Waals surface area contributed by atoms with Crippen LogP contribution in [-0.4, -0.2) is 50.3 Å². The first-order chi connectivity index (χ1) is 14.3. The molecule has 0 aliphatic carbocycles. The molecule has 1 aliphatic rings. The van der Waals surface area contributed by atoms with E-state index in [2.05, 4.69) is 0 Å². The number of hydrogen-bond donors (Lipinski definition) is 0. The molecule has 3 rings (SSSR count). The summed E-state index contributed by atoms with van der Waals surface area (Å²) in [6.45, 7) is 5.54. The average Bonchev–Trinajstić information content (AvgIpc) is 2.75. The van der Waals surface area contributed by atoms with Gasteiger partial charge in [0.1, 0.15) is 5.75 Å². The number of benzene rings is 2. The lowest BCUT2D eigenvalue weighted by Crippen LogP contribution is -2.43. The maximum atomic E-state index is 13.0. The van der Waals surface area contributed by atoms with E-state index in [1.807, 2.05) is 44.2 Å². The summed E-state index contributed by atoms with van der Waals surface area (Å²) >= 11 is 0. The van der Waals surface area contributed by atoms with Crippen LogP contribution in [0, 0.1) is 12.8 Å². The number of ether oxygens (including phenoxy) is 1. The number of carbonyl (C=O) groups is 1. The van der Waals surface area contributed by atoms with Crippen molar-refractivity contribution in [3.05, 3.63) is 59.7 Å². The second-order valence-electron chi connectivity index (χ2n) is 7.72. The average molecular weight is 431 g/mol. The summed E-state index contributed by atoms with van der Waals surface area (Å²) in [5, 5.41) is 0. The normalized spacial score (nSPS) is 15.7. The van der Waals surface area contributed by atoms with E-state index in [1.54, 1.807) is 30.1 Å². The zero-order valence-electron chi connectivity index (χ0n) is 17.9. The Morgan fingerprint density at radius 2 is 1.80 bits per heavy atom. The van der Waals surface area contributed by atoms with Crippen LogP contribution in [0.2, 0.25) is 0 Å². The van der Waals surface area contributed by atoms with Gasteiger partial charge < -0.3 is 9.64 Å². The Morgan fingerprint density at radius 1 is 1.13 bits per heavy atom. The molecule has 0 bridgehead atoms. The molecule has 1 saturated heterocycles. The molecule has 6 nitrogen and oxygen atoms in total. The van der Waals surface area contributed by atoms with E-state index in [1.165, 1.54) is 4.31 Å². The Balaban J connectivity index is 1.61. The SMILES string of the molecule is CCOc1ccc(S(=O)(=O)N2CCC(C(=O)N(C)Cc3ccccc3)CC2)cc1C. The van der Waals surface area contributed by atoms with Crippen molar-refractivity contribution in [1.29, 1.82) is 0 Å². The fraction of sp³-hybridized carbons (Fsp3) is 0.435. The summed E-state index contributed by atoms with van der Waals surface area (Å²) in [4.78, 5) is 14.8. The summed E-state index contributed by atoms with van der Waals surface area (Å²) in [5.41, 5.74) is 1.88. The number of sulfonamides is 1. The van der Waals surface area contributed by atoms with Gasteiger partial charge in [0.05, 0.1) is 11.5 Å². The van der Waals surface area contributed by atoms with Crippen LogP contribution >= 0.6 is 0 Å². The van der Waals surface area contributed by atoms with Gasteiger partial charge in [-0.2, -0.15) is 4.31 Å². The van der Waals surface area contributed by atoms with Crippen LogP contribution in [0.15, 0.2) is 53.4 Å². The number of aryl methyl sites for hydroxylation is 1. The van der Waals surface area contributed by atoms with E-state index >= 15 is 0 Å². The first kappa shape index (κ1) is 22.3. The summed E-state index contributed by atoms with van der Waals surface area (Å²) in [6.07, 6.45) is 1.07. The fourth-order valence-electron chi connectivity index (χ4n) is 3.84. The lowest BCUT2D eigenvalue weighted by atomic mass is 9.96. The minimum atomic E-state index is -3.58. The number of rotatable bonds is 7. The number of nitrogens with zero attached hydrogens (tertiary/aromatic N) is 2. The Morgan fingerprint density at radius 3 is 2.40 bits per heavy atom. The molecule has 2 aromatic carbocycles. The predicted molar refractivity (Wildman–Crippen MR) is 117 cm³/mol. The van der Waals surface area contributed by atoms with Gasteiger partial charge in [-0.15, -0.1) is 0 Å². The van der Waals surface area contributed by atoms with Crippen molar-refractivity contribution >= 4 is 15.9 Å². The molecular weight excluding hydrogens is 400 g/mol. The van der Waals surface area contributed by atoms with Crippen molar-refractivity contribution in [3.63, 3.8) is 0 Å². The lowest BCUT2D eigenvalue weighted by molar-refractivity contribution is -0.135. The Bertz CT molecular complexity index is 968. The molecular formula is C23H30N2O4S. The number of carbonyl (C=O) groups excluding carboxylic acids is 1. The summed E-state index contributed by atoms with van der Waals surface area (Å²) < 4.78 is 33.1. The molecule has 1 amide bonds. The molecule has 0 unspecified atom stereocenters. The topological polar surface area (TPSA) is 66.9 Å². The smallest absolute Gasteiger partial charge is 0.243 e. The monoisotopic (exact) mass is 430 g/mol. The van der Waals surface area contributed by atoms with Gasteiger partial charge in [-0.05, 0) is 56.0 Å². The molecule has 0 N–H and O–H groups in total. The first-order valence-corrected chi connectivity index (χ1v) is 11.8. The Kier molecular flexibility index (Phi) is 7.15. The van der Waals surface area contributed by atoms with E-state index in [4.69, 9.17) is 4.74 Å². The van der Waals surface area contributed by atoms with Crippen molar-refractivity contribution in [2.24, 2.45) is 5.92 Å². The van der Waals surface area contributed by atoms with Crippen LogP contribution in [0.4, 0.5) is 0 Å². The largest absolute Gasteiger partial charge is 0.494 e. The maximum absolute atomic E-state index is 13.0. The van der Waals surface area contributed by atoms with Crippen LogP contribution in [0.3, 0.4) is 0 Å². The number of hydrogen-bond acceptors (Lipinski definition) is 4. The zero-order valence-corrected chi connectivity index (χ0v) is 18.7. The standard InChI is InChI=1S/C23H30N2O4S/c1-4-29-22-11-10-21(16-18(22)2)30(27,28)25-14-12-20(13-15-25)23(26)24(3)17-19-8-6-5-7-9-19/h5-11,16,20H,4,12-15,17H2,1-3H3. The van der Waals surface area contributed by atoms with Crippen LogP contribution in [0.1, 0.15) is 30.9 Å². The lowest BCUT2D eigenvalue weighted by Gasteiger charge is -2.32. The van der Waals surface area contributed by atoms with Crippen molar-refractivity contribution in [2.45, 2.75) is 38.1 Å². The molecule has 7 heteroatoms. The minimum absolute atomic E-state index is 0.0767. The Hall–Kier alpha value is -2.38. The highest BCUT2D eigenvalue weighted by Crippen LogP contribution is 2.28. The Labute approximate surface area is 179 Å². The van der Waals surface area contributed by atoms with Crippen molar-refractivity contribution in [2.75, 3.05) is 26.7 Å². The van der Waals surface area contributed by atoms with Gasteiger partial charge in [-0.1, -0.05) is 30.3 Å². The third kappa shape index (κ3) is 5.02. The van der Waals surface area contributed by atoms with Gasteiger partial charge in [-0.25, -0.2) is 8.42 Å². The van der Waals surface area contributed by atoms with Crippen molar-refractivity contribution in [1.82, 2.24) is 9.21 Å². The van der Waals surface area contributed by atoms with Gasteiger partial charge >= 0.3 is 0 Å². The highest BCUT2D eigenvalue weighted by atomic mass is 32.2. The molecule has 0 spiro atoms. The van der Waals surface area contributed by atoms with Crippen LogP contribution in [0.25, 0.3) is 0 Å². The summed E-state index contributed by atoms with van der Waals surface area (Å²) in [7, 11) is -1.77. The summed E-state index contributed by atoms with van der Waals surface area (Å²) in [5.74, 6) is 0.627. The molecule has 1 fully saturated rings. The van der Waals surface area contributed by atoms with Gasteiger partial charge in [0.15, 0.2) is 0 Å². The van der Waals surface area contributed by atoms with Crippen LogP contribution in [-0.2, 0) is 21.4 Å². The predicted octanol–water partition coefficient (Wildman–Crippen LogP) is 3.45. The minimum Gasteiger partial charge on any atom is -0.494 e. The van der Waals surface area contributed by atoms with E-state index in [0.717, 1.165) is 11.1 Å². The van der Waals surface area contributed by atoms with Gasteiger partial charge in [0.25, 0.3) is 0 Å². The van der Waals surface area contributed by atoms with Gasteiger partial charge in [-0.3, -0.25) is 4.79 Å². The quantitative estimate of drug-likeness (QED) is 0.675. The summed E-state index contributed by atoms with van der Waals surface area (Å²) in [6, 6.07) is 14.8. The van der Waals surface area contributed by atoms with E-state index in [0.29, 0.717) is 44.8 Å². The first-order valence-electron chi connectivity index (χ1n) is 10.4. The molecule has 0 radical (unpaired) electrons. The van der Waals surface area contributed by atoms with E-state index in [9.17, 15) is 13.2 Å². The maximum Gasteiger partial charge on any atom is 0.243 e. The molecule has 1 aliphatic heterocycles. The molecule has 1 heterocycles. The van der Waals surface area contributed by atoms with Gasteiger partial charge in [0.2, 0.25) is 15.9 Å². The third-order valence-electron chi connectivity index (χ3n) is 5.53. The van der Waals surface area contributed by atoms with Crippen LogP contribution < -0.4 is 4.74 Å². The van der Waals surface area contributed by atoms with Gasteiger partial charge in [0, 0.05) is 32.6 Å². The van der Waals surface area contributed by atoms with Crippen molar-refractivity contribution < 1.29 is 17.9 Å². The third-order valence-corrected chi connectivity index (χ3v) is 7.42. The number of piperidine rings is 1. The zero-order chi connectivity index (χ0) is 21.7. The van der Waals surface area contributed by atoms with E-state index in [-0.39, 0.29) is 16.7 Å². The molecule has 0 atom stereocenters. The van der Waals surface area contributed by atoms with Crippen LogP contribution in [0.5, 0.6) is 5.75 Å². The second-order valence-corrected chi connectivity index (χ2v) is 9.66. The fourth-order valence-corrected chi connectivity index (χ4v) is 5.39. The molecule has 0 aromatic heterocycles.